The molecular weight excluding hydrogens is 306 g/mol. The molecule has 0 aliphatic rings. The number of anilines is 1. The van der Waals surface area contributed by atoms with E-state index in [1.54, 1.807) is 12.1 Å². The molecule has 0 fully saturated rings. The molecule has 6 heteroatoms. The van der Waals surface area contributed by atoms with Crippen molar-refractivity contribution in [2.75, 3.05) is 5.32 Å². The molecule has 0 heterocycles. The summed E-state index contributed by atoms with van der Waals surface area (Å²) >= 11 is 5.24. The topological polar surface area (TPSA) is 33.3 Å². The third-order valence-electron chi connectivity index (χ3n) is 2.98. The average molecular weight is 322 g/mol. The van der Waals surface area contributed by atoms with Crippen LogP contribution in [0.3, 0.4) is 0 Å². The van der Waals surface area contributed by atoms with Gasteiger partial charge in [0.15, 0.2) is 5.11 Å². The van der Waals surface area contributed by atoms with Crippen LogP contribution in [-0.2, 0) is 0 Å². The number of alkyl halides is 2. The molecule has 2 aromatic rings. The van der Waals surface area contributed by atoms with Crippen LogP contribution in [0.15, 0.2) is 54.6 Å². The normalized spacial score (nSPS) is 11.8. The molecule has 0 aromatic heterocycles. The molecule has 0 aliphatic carbocycles. The largest absolute Gasteiger partial charge is 0.435 e. The van der Waals surface area contributed by atoms with E-state index in [4.69, 9.17) is 12.2 Å². The monoisotopic (exact) mass is 322 g/mol. The van der Waals surface area contributed by atoms with Crippen molar-refractivity contribution >= 4 is 23.0 Å². The summed E-state index contributed by atoms with van der Waals surface area (Å²) in [6.07, 6.45) is 0. The highest BCUT2D eigenvalue weighted by molar-refractivity contribution is 7.80. The Morgan fingerprint density at radius 1 is 1.05 bits per heavy atom. The Morgan fingerprint density at radius 2 is 1.68 bits per heavy atom. The summed E-state index contributed by atoms with van der Waals surface area (Å²) in [5.41, 5.74) is 1.81. The summed E-state index contributed by atoms with van der Waals surface area (Å²) in [5, 5.41) is 6.62. The van der Waals surface area contributed by atoms with Crippen LogP contribution < -0.4 is 15.4 Å². The number of hydrogen-bond acceptors (Lipinski definition) is 2. The van der Waals surface area contributed by atoms with Crippen LogP contribution in [0.25, 0.3) is 0 Å². The van der Waals surface area contributed by atoms with E-state index in [2.05, 4.69) is 15.4 Å². The second-order valence-corrected chi connectivity index (χ2v) is 5.04. The molecule has 0 bridgehead atoms. The molecule has 22 heavy (non-hydrogen) atoms. The van der Waals surface area contributed by atoms with Gasteiger partial charge in [-0.15, -0.1) is 0 Å². The molecule has 0 saturated carbocycles. The van der Waals surface area contributed by atoms with Crippen molar-refractivity contribution in [2.45, 2.75) is 19.6 Å². The molecule has 0 spiro atoms. The molecule has 0 amide bonds. The Labute approximate surface area is 133 Å². The van der Waals surface area contributed by atoms with Crippen molar-refractivity contribution in [3.63, 3.8) is 0 Å². The van der Waals surface area contributed by atoms with Crippen molar-refractivity contribution in [1.82, 2.24) is 5.32 Å². The van der Waals surface area contributed by atoms with Crippen LogP contribution in [0.4, 0.5) is 14.5 Å². The number of rotatable bonds is 5. The van der Waals surface area contributed by atoms with Crippen molar-refractivity contribution in [2.24, 2.45) is 0 Å². The third-order valence-corrected chi connectivity index (χ3v) is 3.20. The SMILES string of the molecule is CC(NC(=S)Nc1ccc(OC(F)F)cc1)c1ccccc1. The van der Waals surface area contributed by atoms with Gasteiger partial charge in [0, 0.05) is 5.69 Å². The van der Waals surface area contributed by atoms with Gasteiger partial charge < -0.3 is 15.4 Å². The van der Waals surface area contributed by atoms with Gasteiger partial charge in [0.25, 0.3) is 0 Å². The summed E-state index contributed by atoms with van der Waals surface area (Å²) in [6, 6.07) is 16.1. The summed E-state index contributed by atoms with van der Waals surface area (Å²) in [5.74, 6) is 0.108. The van der Waals surface area contributed by atoms with Gasteiger partial charge in [0.2, 0.25) is 0 Å². The molecule has 1 unspecified atom stereocenters. The lowest BCUT2D eigenvalue weighted by Crippen LogP contribution is -2.30. The zero-order valence-corrected chi connectivity index (χ0v) is 12.7. The zero-order valence-electron chi connectivity index (χ0n) is 11.9. The maximum atomic E-state index is 12.1. The van der Waals surface area contributed by atoms with E-state index >= 15 is 0 Å². The first-order chi connectivity index (χ1) is 10.5. The Kier molecular flexibility index (Phi) is 5.66. The lowest BCUT2D eigenvalue weighted by Gasteiger charge is -2.17. The van der Waals surface area contributed by atoms with E-state index in [1.807, 2.05) is 37.3 Å². The van der Waals surface area contributed by atoms with Crippen LogP contribution in [0.1, 0.15) is 18.5 Å². The molecule has 2 N–H and O–H groups in total. The third kappa shape index (κ3) is 4.96. The minimum Gasteiger partial charge on any atom is -0.435 e. The van der Waals surface area contributed by atoms with Crippen LogP contribution in [0.2, 0.25) is 0 Å². The first-order valence-electron chi connectivity index (χ1n) is 6.72. The fourth-order valence-corrected chi connectivity index (χ4v) is 2.20. The molecule has 3 nitrogen and oxygen atoms in total. The lowest BCUT2D eigenvalue weighted by molar-refractivity contribution is -0.0498. The fraction of sp³-hybridized carbons (Fsp3) is 0.188. The van der Waals surface area contributed by atoms with Crippen molar-refractivity contribution < 1.29 is 13.5 Å². The van der Waals surface area contributed by atoms with Gasteiger partial charge in [0.05, 0.1) is 6.04 Å². The number of nitrogens with one attached hydrogen (secondary N) is 2. The Balaban J connectivity index is 1.89. The smallest absolute Gasteiger partial charge is 0.387 e. The molecule has 2 aromatic carbocycles. The number of hydrogen-bond donors (Lipinski definition) is 2. The van der Waals surface area contributed by atoms with Crippen molar-refractivity contribution in [3.8, 4) is 5.75 Å². The number of halogens is 2. The predicted molar refractivity (Wildman–Crippen MR) is 87.3 cm³/mol. The van der Waals surface area contributed by atoms with Gasteiger partial charge in [-0.3, -0.25) is 0 Å². The zero-order chi connectivity index (χ0) is 15.9. The van der Waals surface area contributed by atoms with E-state index in [9.17, 15) is 8.78 Å². The number of ether oxygens (including phenoxy) is 1. The van der Waals surface area contributed by atoms with Gasteiger partial charge in [-0.1, -0.05) is 30.3 Å². The van der Waals surface area contributed by atoms with Crippen LogP contribution in [0.5, 0.6) is 5.75 Å². The highest BCUT2D eigenvalue weighted by Crippen LogP contribution is 2.18. The Hall–Kier alpha value is -2.21. The lowest BCUT2D eigenvalue weighted by atomic mass is 10.1. The molecule has 116 valence electrons. The molecule has 1 atom stereocenters. The maximum Gasteiger partial charge on any atom is 0.387 e. The van der Waals surface area contributed by atoms with Crippen LogP contribution in [-0.4, -0.2) is 11.7 Å². The van der Waals surface area contributed by atoms with Crippen LogP contribution >= 0.6 is 12.2 Å². The van der Waals surface area contributed by atoms with E-state index < -0.39 is 6.61 Å². The Bertz CT molecular complexity index is 605. The minimum absolute atomic E-state index is 0.0580. The summed E-state index contributed by atoms with van der Waals surface area (Å²) in [7, 11) is 0. The van der Waals surface area contributed by atoms with E-state index in [1.165, 1.54) is 12.1 Å². The summed E-state index contributed by atoms with van der Waals surface area (Å²) in [6.45, 7) is -0.823. The Morgan fingerprint density at radius 3 is 2.27 bits per heavy atom. The van der Waals surface area contributed by atoms with Crippen molar-refractivity contribution in [3.05, 3.63) is 60.2 Å². The minimum atomic E-state index is -2.83. The maximum absolute atomic E-state index is 12.1. The van der Waals surface area contributed by atoms with Crippen molar-refractivity contribution in [1.29, 1.82) is 0 Å². The second-order valence-electron chi connectivity index (χ2n) is 4.63. The molecule has 0 saturated heterocycles. The van der Waals surface area contributed by atoms with Crippen LogP contribution in [0, 0.1) is 0 Å². The van der Waals surface area contributed by atoms with Gasteiger partial charge >= 0.3 is 6.61 Å². The van der Waals surface area contributed by atoms with E-state index in [-0.39, 0.29) is 11.8 Å². The first-order valence-corrected chi connectivity index (χ1v) is 7.13. The van der Waals surface area contributed by atoms with Gasteiger partial charge in [-0.25, -0.2) is 0 Å². The summed E-state index contributed by atoms with van der Waals surface area (Å²) < 4.78 is 28.4. The van der Waals surface area contributed by atoms with Gasteiger partial charge in [0.1, 0.15) is 5.75 Å². The molecule has 0 radical (unpaired) electrons. The number of thiocarbonyl (C=S) groups is 1. The first kappa shape index (κ1) is 16.2. The molecule has 2 rings (SSSR count). The standard InChI is InChI=1S/C16H16F2N2OS/c1-11(12-5-3-2-4-6-12)19-16(22)20-13-7-9-14(10-8-13)21-15(17)18/h2-11,15H,1H3,(H2,19,20,22). The van der Waals surface area contributed by atoms with E-state index in [0.717, 1.165) is 5.56 Å². The van der Waals surface area contributed by atoms with Gasteiger partial charge in [-0.2, -0.15) is 8.78 Å². The summed E-state index contributed by atoms with van der Waals surface area (Å²) in [4.78, 5) is 0. The highest BCUT2D eigenvalue weighted by Gasteiger charge is 2.07. The molecular formula is C16H16F2N2OS. The fourth-order valence-electron chi connectivity index (χ4n) is 1.91. The van der Waals surface area contributed by atoms with Gasteiger partial charge in [-0.05, 0) is 49.0 Å². The average Bonchev–Trinajstić information content (AvgIpc) is 2.49. The number of benzene rings is 2. The van der Waals surface area contributed by atoms with E-state index in [0.29, 0.717) is 10.8 Å². The molecule has 0 aliphatic heterocycles. The second kappa shape index (κ2) is 7.70. The predicted octanol–water partition coefficient (Wildman–Crippen LogP) is 4.34. The quantitative estimate of drug-likeness (QED) is 0.803. The highest BCUT2D eigenvalue weighted by atomic mass is 32.1.